The first-order chi connectivity index (χ1) is 12.6. The third kappa shape index (κ3) is 4.83. The Labute approximate surface area is 152 Å². The van der Waals surface area contributed by atoms with Crippen LogP contribution in [0.5, 0.6) is 0 Å². The van der Waals surface area contributed by atoms with Crippen LogP contribution in [0.3, 0.4) is 0 Å². The third-order valence-electron chi connectivity index (χ3n) is 4.31. The van der Waals surface area contributed by atoms with Crippen LogP contribution in [0.1, 0.15) is 22.3 Å². The number of rotatable bonds is 5. The van der Waals surface area contributed by atoms with Crippen molar-refractivity contribution >= 4 is 23.2 Å². The third-order valence-corrected chi connectivity index (χ3v) is 4.31. The lowest BCUT2D eigenvalue weighted by Crippen LogP contribution is -2.40. The molecule has 0 aliphatic carbocycles. The molecule has 0 bridgehead atoms. The van der Waals surface area contributed by atoms with Gasteiger partial charge in [-0.3, -0.25) is 9.59 Å². The molecule has 6 heteroatoms. The second-order valence-electron chi connectivity index (χ2n) is 6.28. The summed E-state index contributed by atoms with van der Waals surface area (Å²) in [5, 5.41) is 2.86. The van der Waals surface area contributed by atoms with Gasteiger partial charge in [0.1, 0.15) is 0 Å². The van der Waals surface area contributed by atoms with E-state index < -0.39 is 0 Å². The van der Waals surface area contributed by atoms with Gasteiger partial charge in [0.15, 0.2) is 0 Å². The maximum absolute atomic E-state index is 12.4. The molecule has 1 fully saturated rings. The molecular formula is C20H23N3O3. The second-order valence-corrected chi connectivity index (χ2v) is 6.28. The number of hydrogen-bond donors (Lipinski definition) is 2. The fraction of sp³-hybridized carbons (Fsp3) is 0.300. The summed E-state index contributed by atoms with van der Waals surface area (Å²) in [7, 11) is 0. The number of carbonyl (C=O) groups is 2. The molecule has 0 spiro atoms. The zero-order valence-corrected chi connectivity index (χ0v) is 14.6. The smallest absolute Gasteiger partial charge is 0.254 e. The quantitative estimate of drug-likeness (QED) is 0.808. The molecule has 1 heterocycles. The highest BCUT2D eigenvalue weighted by molar-refractivity contribution is 5.96. The van der Waals surface area contributed by atoms with Crippen molar-refractivity contribution < 1.29 is 14.3 Å². The fourth-order valence-electron chi connectivity index (χ4n) is 2.88. The lowest BCUT2D eigenvalue weighted by atomic mass is 10.1. The number of amides is 2. The van der Waals surface area contributed by atoms with Gasteiger partial charge in [-0.2, -0.15) is 0 Å². The maximum Gasteiger partial charge on any atom is 0.254 e. The summed E-state index contributed by atoms with van der Waals surface area (Å²) < 4.78 is 5.26. The topological polar surface area (TPSA) is 84.7 Å². The molecule has 0 aromatic heterocycles. The van der Waals surface area contributed by atoms with E-state index in [9.17, 15) is 9.59 Å². The maximum atomic E-state index is 12.4. The minimum absolute atomic E-state index is 0.00663. The van der Waals surface area contributed by atoms with Gasteiger partial charge in [-0.1, -0.05) is 12.1 Å². The number of nitrogens with zero attached hydrogens (tertiary/aromatic N) is 1. The first kappa shape index (κ1) is 17.9. The van der Waals surface area contributed by atoms with E-state index >= 15 is 0 Å². The molecular weight excluding hydrogens is 330 g/mol. The number of ether oxygens (including phenoxy) is 1. The summed E-state index contributed by atoms with van der Waals surface area (Å²) in [5.74, 6) is -0.0764. The van der Waals surface area contributed by atoms with Crippen LogP contribution in [0.4, 0.5) is 11.4 Å². The molecule has 3 rings (SSSR count). The molecule has 0 atom stereocenters. The van der Waals surface area contributed by atoms with Gasteiger partial charge < -0.3 is 20.7 Å². The van der Waals surface area contributed by atoms with Crippen molar-refractivity contribution in [2.24, 2.45) is 0 Å². The Kier molecular flexibility index (Phi) is 5.86. The average molecular weight is 353 g/mol. The number of nitrogen functional groups attached to an aromatic ring is 1. The van der Waals surface area contributed by atoms with Gasteiger partial charge in [0.2, 0.25) is 5.91 Å². The molecule has 1 aliphatic heterocycles. The molecule has 2 aromatic rings. The Balaban J connectivity index is 1.51. The molecule has 1 aliphatic rings. The number of benzene rings is 2. The molecule has 0 saturated carbocycles. The lowest BCUT2D eigenvalue weighted by molar-refractivity contribution is -0.116. The molecule has 0 radical (unpaired) electrons. The zero-order valence-electron chi connectivity index (χ0n) is 14.6. The van der Waals surface area contributed by atoms with Gasteiger partial charge >= 0.3 is 0 Å². The van der Waals surface area contributed by atoms with Gasteiger partial charge in [-0.25, -0.2) is 0 Å². The Hall–Kier alpha value is -2.86. The normalized spacial score (nSPS) is 14.1. The van der Waals surface area contributed by atoms with Crippen LogP contribution < -0.4 is 11.1 Å². The molecule has 6 nitrogen and oxygen atoms in total. The van der Waals surface area contributed by atoms with Gasteiger partial charge in [0, 0.05) is 36.4 Å². The Morgan fingerprint density at radius 2 is 1.81 bits per heavy atom. The SMILES string of the molecule is Nc1cccc(CCC(=O)Nc2ccc(C(=O)N3CCOCC3)cc2)c1. The highest BCUT2D eigenvalue weighted by Gasteiger charge is 2.18. The van der Waals surface area contributed by atoms with Crippen molar-refractivity contribution in [1.29, 1.82) is 0 Å². The van der Waals surface area contributed by atoms with Crippen LogP contribution in [0.25, 0.3) is 0 Å². The number of carbonyl (C=O) groups excluding carboxylic acids is 2. The molecule has 2 aromatic carbocycles. The minimum Gasteiger partial charge on any atom is -0.399 e. The monoisotopic (exact) mass is 353 g/mol. The second kappa shape index (κ2) is 8.49. The fourth-order valence-corrected chi connectivity index (χ4v) is 2.88. The molecule has 2 amide bonds. The number of nitrogens with one attached hydrogen (secondary N) is 1. The van der Waals surface area contributed by atoms with Crippen molar-refractivity contribution in [3.8, 4) is 0 Å². The average Bonchev–Trinajstić information content (AvgIpc) is 2.67. The van der Waals surface area contributed by atoms with Crippen LogP contribution >= 0.6 is 0 Å². The Morgan fingerprint density at radius 3 is 2.50 bits per heavy atom. The van der Waals surface area contributed by atoms with Gasteiger partial charge in [0.05, 0.1) is 13.2 Å². The van der Waals surface area contributed by atoms with E-state index in [1.807, 2.05) is 24.3 Å². The van der Waals surface area contributed by atoms with Crippen LogP contribution in [0.2, 0.25) is 0 Å². The van der Waals surface area contributed by atoms with E-state index in [-0.39, 0.29) is 11.8 Å². The standard InChI is InChI=1S/C20H23N3O3/c21-17-3-1-2-15(14-17)4-9-19(24)22-18-7-5-16(6-8-18)20(25)23-10-12-26-13-11-23/h1-3,5-8,14H,4,9-13,21H2,(H,22,24). The summed E-state index contributed by atoms with van der Waals surface area (Å²) in [6.45, 7) is 2.38. The number of morpholine rings is 1. The zero-order chi connectivity index (χ0) is 18.4. The number of hydrogen-bond acceptors (Lipinski definition) is 4. The van der Waals surface area contributed by atoms with E-state index in [4.69, 9.17) is 10.5 Å². The molecule has 136 valence electrons. The van der Waals surface area contributed by atoms with Crippen LogP contribution in [-0.4, -0.2) is 43.0 Å². The number of aryl methyl sites for hydroxylation is 1. The van der Waals surface area contributed by atoms with E-state index in [2.05, 4.69) is 5.32 Å². The van der Waals surface area contributed by atoms with Gasteiger partial charge in [-0.05, 0) is 48.4 Å². The van der Waals surface area contributed by atoms with E-state index in [0.717, 1.165) is 5.56 Å². The highest BCUT2D eigenvalue weighted by Crippen LogP contribution is 2.14. The Bertz CT molecular complexity index is 768. The summed E-state index contributed by atoms with van der Waals surface area (Å²) >= 11 is 0. The summed E-state index contributed by atoms with van der Waals surface area (Å²) in [4.78, 5) is 26.3. The Morgan fingerprint density at radius 1 is 1.08 bits per heavy atom. The van der Waals surface area contributed by atoms with Crippen LogP contribution in [-0.2, 0) is 16.0 Å². The van der Waals surface area contributed by atoms with Crippen molar-refractivity contribution in [2.75, 3.05) is 37.4 Å². The summed E-state index contributed by atoms with van der Waals surface area (Å²) in [5.41, 5.74) is 8.77. The number of nitrogens with two attached hydrogens (primary N) is 1. The van der Waals surface area contributed by atoms with Crippen molar-refractivity contribution in [3.05, 3.63) is 59.7 Å². The molecule has 26 heavy (non-hydrogen) atoms. The largest absolute Gasteiger partial charge is 0.399 e. The highest BCUT2D eigenvalue weighted by atomic mass is 16.5. The van der Waals surface area contributed by atoms with E-state index in [1.54, 1.807) is 29.2 Å². The van der Waals surface area contributed by atoms with E-state index in [1.165, 1.54) is 0 Å². The van der Waals surface area contributed by atoms with Gasteiger partial charge in [0.25, 0.3) is 5.91 Å². The predicted molar refractivity (Wildman–Crippen MR) is 101 cm³/mol. The predicted octanol–water partition coefficient (Wildman–Crippen LogP) is 2.31. The first-order valence-electron chi connectivity index (χ1n) is 8.73. The van der Waals surface area contributed by atoms with Crippen LogP contribution in [0.15, 0.2) is 48.5 Å². The summed E-state index contributed by atoms with van der Waals surface area (Å²) in [6.07, 6.45) is 1.00. The van der Waals surface area contributed by atoms with Crippen molar-refractivity contribution in [1.82, 2.24) is 4.90 Å². The first-order valence-corrected chi connectivity index (χ1v) is 8.73. The molecule has 1 saturated heterocycles. The number of anilines is 2. The van der Waals surface area contributed by atoms with Crippen molar-refractivity contribution in [3.63, 3.8) is 0 Å². The van der Waals surface area contributed by atoms with E-state index in [0.29, 0.717) is 56.1 Å². The summed E-state index contributed by atoms with van der Waals surface area (Å²) in [6, 6.07) is 14.5. The molecule has 0 unspecified atom stereocenters. The van der Waals surface area contributed by atoms with Crippen molar-refractivity contribution in [2.45, 2.75) is 12.8 Å². The minimum atomic E-state index is -0.0697. The lowest BCUT2D eigenvalue weighted by Gasteiger charge is -2.26. The molecule has 3 N–H and O–H groups in total. The van der Waals surface area contributed by atoms with Crippen LogP contribution in [0, 0.1) is 0 Å². The van der Waals surface area contributed by atoms with Gasteiger partial charge in [-0.15, -0.1) is 0 Å².